The zero-order chi connectivity index (χ0) is 15.8. The monoisotopic (exact) mass is 307 g/mol. The first kappa shape index (κ1) is 16.7. The molecule has 0 aromatic heterocycles. The standard InChI is InChI=1S/C15H25N5O2/c1-18-4-6-20(7-5-18)15(21)14(12-16)13-17-2-3-19-8-10-22-11-9-19/h13,17H,2-11H2,1H3/b14-13-. The lowest BCUT2D eigenvalue weighted by Gasteiger charge is -2.32. The Morgan fingerprint density at radius 3 is 2.55 bits per heavy atom. The van der Waals surface area contributed by atoms with Crippen LogP contribution in [0.1, 0.15) is 0 Å². The van der Waals surface area contributed by atoms with Crippen molar-refractivity contribution in [3.63, 3.8) is 0 Å². The molecule has 0 unspecified atom stereocenters. The molecule has 0 aromatic carbocycles. The number of hydrogen-bond acceptors (Lipinski definition) is 6. The van der Waals surface area contributed by atoms with Crippen LogP contribution in [0, 0.1) is 11.3 Å². The molecular formula is C15H25N5O2. The predicted molar refractivity (Wildman–Crippen MR) is 83.0 cm³/mol. The van der Waals surface area contributed by atoms with Gasteiger partial charge in [0.2, 0.25) is 0 Å². The van der Waals surface area contributed by atoms with Crippen LogP contribution in [0.5, 0.6) is 0 Å². The van der Waals surface area contributed by atoms with E-state index in [0.29, 0.717) is 13.1 Å². The Bertz CT molecular complexity index is 432. The van der Waals surface area contributed by atoms with Gasteiger partial charge in [0.25, 0.3) is 5.91 Å². The molecule has 7 nitrogen and oxygen atoms in total. The molecule has 0 spiro atoms. The summed E-state index contributed by atoms with van der Waals surface area (Å²) in [5, 5.41) is 12.3. The number of likely N-dealkylation sites (N-methyl/N-ethyl adjacent to an activating group) is 1. The average Bonchev–Trinajstić information content (AvgIpc) is 2.56. The van der Waals surface area contributed by atoms with Crippen LogP contribution in [0.25, 0.3) is 0 Å². The summed E-state index contributed by atoms with van der Waals surface area (Å²) >= 11 is 0. The zero-order valence-corrected chi connectivity index (χ0v) is 13.3. The number of nitrogens with one attached hydrogen (secondary N) is 1. The molecule has 0 aromatic rings. The van der Waals surface area contributed by atoms with E-state index in [2.05, 4.69) is 15.1 Å². The predicted octanol–water partition coefficient (Wildman–Crippen LogP) is -0.910. The lowest BCUT2D eigenvalue weighted by Crippen LogP contribution is -2.47. The van der Waals surface area contributed by atoms with E-state index >= 15 is 0 Å². The summed E-state index contributed by atoms with van der Waals surface area (Å²) in [4.78, 5) is 18.5. The number of nitrogens with zero attached hydrogens (tertiary/aromatic N) is 4. The Balaban J connectivity index is 1.75. The van der Waals surface area contributed by atoms with E-state index in [0.717, 1.165) is 52.5 Å². The highest BCUT2D eigenvalue weighted by Gasteiger charge is 2.22. The Kier molecular flexibility index (Phi) is 6.65. The van der Waals surface area contributed by atoms with Crippen molar-refractivity contribution in [1.82, 2.24) is 20.0 Å². The van der Waals surface area contributed by atoms with Crippen molar-refractivity contribution in [3.05, 3.63) is 11.8 Å². The number of morpholine rings is 1. The SMILES string of the molecule is CN1CCN(C(=O)/C(C#N)=C\NCCN2CCOCC2)CC1. The Morgan fingerprint density at radius 2 is 1.91 bits per heavy atom. The second-order valence-corrected chi connectivity index (χ2v) is 5.67. The van der Waals surface area contributed by atoms with Crippen molar-refractivity contribution in [2.45, 2.75) is 0 Å². The molecule has 0 saturated carbocycles. The van der Waals surface area contributed by atoms with Gasteiger partial charge in [0, 0.05) is 58.6 Å². The number of nitriles is 1. The fourth-order valence-corrected chi connectivity index (χ4v) is 2.54. The van der Waals surface area contributed by atoms with E-state index in [9.17, 15) is 10.1 Å². The first-order valence-electron chi connectivity index (χ1n) is 7.82. The third kappa shape index (κ3) is 4.98. The summed E-state index contributed by atoms with van der Waals surface area (Å²) in [7, 11) is 2.04. The molecule has 22 heavy (non-hydrogen) atoms. The third-order valence-corrected chi connectivity index (χ3v) is 4.06. The van der Waals surface area contributed by atoms with Gasteiger partial charge >= 0.3 is 0 Å². The molecule has 0 radical (unpaired) electrons. The largest absolute Gasteiger partial charge is 0.388 e. The molecule has 0 aliphatic carbocycles. The van der Waals surface area contributed by atoms with Crippen molar-refractivity contribution < 1.29 is 9.53 Å². The molecule has 0 bridgehead atoms. The van der Waals surface area contributed by atoms with Crippen LogP contribution in [0.3, 0.4) is 0 Å². The Morgan fingerprint density at radius 1 is 1.23 bits per heavy atom. The molecule has 122 valence electrons. The highest BCUT2D eigenvalue weighted by molar-refractivity contribution is 5.97. The average molecular weight is 307 g/mol. The maximum absolute atomic E-state index is 12.3. The van der Waals surface area contributed by atoms with E-state index < -0.39 is 0 Å². The topological polar surface area (TPSA) is 71.8 Å². The van der Waals surface area contributed by atoms with Gasteiger partial charge in [-0.1, -0.05) is 0 Å². The molecule has 2 heterocycles. The summed E-state index contributed by atoms with van der Waals surface area (Å²) in [5.74, 6) is -0.172. The molecule has 1 amide bonds. The maximum Gasteiger partial charge on any atom is 0.266 e. The normalized spacial score (nSPS) is 21.5. The van der Waals surface area contributed by atoms with Gasteiger partial charge in [0.15, 0.2) is 0 Å². The lowest BCUT2D eigenvalue weighted by molar-refractivity contribution is -0.128. The van der Waals surface area contributed by atoms with Gasteiger partial charge in [-0.05, 0) is 7.05 Å². The molecule has 2 rings (SSSR count). The van der Waals surface area contributed by atoms with Gasteiger partial charge in [0.05, 0.1) is 13.2 Å². The second kappa shape index (κ2) is 8.73. The number of hydrogen-bond donors (Lipinski definition) is 1. The third-order valence-electron chi connectivity index (χ3n) is 4.06. The fourth-order valence-electron chi connectivity index (χ4n) is 2.54. The number of rotatable bonds is 5. The Labute approximate surface area is 132 Å². The fraction of sp³-hybridized carbons (Fsp3) is 0.733. The maximum atomic E-state index is 12.3. The van der Waals surface area contributed by atoms with Gasteiger partial charge in [0.1, 0.15) is 11.6 Å². The van der Waals surface area contributed by atoms with E-state index in [1.54, 1.807) is 11.1 Å². The van der Waals surface area contributed by atoms with Crippen molar-refractivity contribution in [3.8, 4) is 6.07 Å². The number of amides is 1. The van der Waals surface area contributed by atoms with Crippen LogP contribution < -0.4 is 5.32 Å². The van der Waals surface area contributed by atoms with Gasteiger partial charge < -0.3 is 19.9 Å². The summed E-state index contributed by atoms with van der Waals surface area (Å²) in [6.45, 7) is 8.13. The molecular weight excluding hydrogens is 282 g/mol. The van der Waals surface area contributed by atoms with Gasteiger partial charge in [-0.3, -0.25) is 9.69 Å². The lowest BCUT2D eigenvalue weighted by atomic mass is 10.2. The second-order valence-electron chi connectivity index (χ2n) is 5.67. The van der Waals surface area contributed by atoms with Crippen LogP contribution in [-0.4, -0.2) is 93.2 Å². The first-order valence-corrected chi connectivity index (χ1v) is 7.82. The summed E-state index contributed by atoms with van der Waals surface area (Å²) in [5.41, 5.74) is 0.187. The minimum Gasteiger partial charge on any atom is -0.388 e. The number of piperazine rings is 1. The smallest absolute Gasteiger partial charge is 0.266 e. The molecule has 2 aliphatic heterocycles. The minimum absolute atomic E-state index is 0.172. The number of carbonyl (C=O) groups is 1. The van der Waals surface area contributed by atoms with E-state index in [4.69, 9.17) is 4.74 Å². The van der Waals surface area contributed by atoms with Crippen molar-refractivity contribution in [2.24, 2.45) is 0 Å². The molecule has 2 fully saturated rings. The zero-order valence-electron chi connectivity index (χ0n) is 13.3. The highest BCUT2D eigenvalue weighted by Crippen LogP contribution is 2.05. The van der Waals surface area contributed by atoms with Crippen molar-refractivity contribution in [1.29, 1.82) is 5.26 Å². The van der Waals surface area contributed by atoms with Crippen molar-refractivity contribution in [2.75, 3.05) is 72.6 Å². The highest BCUT2D eigenvalue weighted by atomic mass is 16.5. The van der Waals surface area contributed by atoms with E-state index in [1.807, 2.05) is 13.1 Å². The van der Waals surface area contributed by atoms with Crippen LogP contribution in [0.4, 0.5) is 0 Å². The van der Waals surface area contributed by atoms with E-state index in [1.165, 1.54) is 0 Å². The molecule has 2 aliphatic rings. The van der Waals surface area contributed by atoms with Gasteiger partial charge in [-0.25, -0.2) is 0 Å². The quantitative estimate of drug-likeness (QED) is 0.403. The molecule has 1 N–H and O–H groups in total. The van der Waals surface area contributed by atoms with Crippen LogP contribution in [-0.2, 0) is 9.53 Å². The van der Waals surface area contributed by atoms with Crippen LogP contribution in [0.2, 0.25) is 0 Å². The van der Waals surface area contributed by atoms with Crippen molar-refractivity contribution >= 4 is 5.91 Å². The van der Waals surface area contributed by atoms with Gasteiger partial charge in [-0.15, -0.1) is 0 Å². The minimum atomic E-state index is -0.172. The molecule has 2 saturated heterocycles. The Hall–Kier alpha value is -1.62. The summed E-state index contributed by atoms with van der Waals surface area (Å²) in [6, 6.07) is 2.01. The summed E-state index contributed by atoms with van der Waals surface area (Å²) in [6.07, 6.45) is 1.56. The van der Waals surface area contributed by atoms with E-state index in [-0.39, 0.29) is 11.5 Å². The molecule has 7 heteroatoms. The van der Waals surface area contributed by atoms with Gasteiger partial charge in [-0.2, -0.15) is 5.26 Å². The number of ether oxygens (including phenoxy) is 1. The number of carbonyl (C=O) groups excluding carboxylic acids is 1. The van der Waals surface area contributed by atoms with Crippen LogP contribution in [0.15, 0.2) is 11.8 Å². The first-order chi connectivity index (χ1) is 10.7. The van der Waals surface area contributed by atoms with Crippen LogP contribution >= 0.6 is 0 Å². The molecule has 0 atom stereocenters. The summed E-state index contributed by atoms with van der Waals surface area (Å²) < 4.78 is 5.30.